The minimum atomic E-state index is 0.605. The number of ether oxygens (including phenoxy) is 1. The lowest BCUT2D eigenvalue weighted by Gasteiger charge is -2.36. The van der Waals surface area contributed by atoms with Gasteiger partial charge in [0.05, 0.1) is 6.61 Å². The Hall–Kier alpha value is -0.310. The third kappa shape index (κ3) is 1.48. The molecule has 1 saturated heterocycles. The van der Waals surface area contributed by atoms with E-state index in [0.717, 1.165) is 12.5 Å². The summed E-state index contributed by atoms with van der Waals surface area (Å²) in [5, 5.41) is 3.83. The second kappa shape index (κ2) is 2.97. The van der Waals surface area contributed by atoms with Crippen LogP contribution in [0.25, 0.3) is 0 Å². The van der Waals surface area contributed by atoms with Crippen LogP contribution in [0.15, 0.2) is 0 Å². The Morgan fingerprint density at radius 1 is 1.36 bits per heavy atom. The van der Waals surface area contributed by atoms with Crippen LogP contribution < -0.4 is 5.32 Å². The van der Waals surface area contributed by atoms with Crippen LogP contribution in [0.2, 0.25) is 0 Å². The standard InChI is InChI=1S/C8H13NOS/c11-8-9-7-4-2-1-3-6(7)5-10-8/h6-7H,1-5H2,(H,9,11)/t6-,7-/m1/s1. The van der Waals surface area contributed by atoms with Gasteiger partial charge < -0.3 is 10.1 Å². The number of fused-ring (bicyclic) bond motifs is 1. The second-order valence-electron chi connectivity index (χ2n) is 3.39. The smallest absolute Gasteiger partial charge is 0.256 e. The van der Waals surface area contributed by atoms with Gasteiger partial charge in [-0.2, -0.15) is 0 Å². The molecule has 0 radical (unpaired) electrons. The predicted molar refractivity (Wildman–Crippen MR) is 47.4 cm³/mol. The normalized spacial score (nSPS) is 36.9. The topological polar surface area (TPSA) is 21.3 Å². The van der Waals surface area contributed by atoms with Gasteiger partial charge in [-0.1, -0.05) is 12.8 Å². The van der Waals surface area contributed by atoms with Crippen LogP contribution in [0.3, 0.4) is 0 Å². The van der Waals surface area contributed by atoms with Gasteiger partial charge in [-0.15, -0.1) is 0 Å². The molecule has 2 nitrogen and oxygen atoms in total. The summed E-state index contributed by atoms with van der Waals surface area (Å²) < 4.78 is 5.27. The first-order valence-corrected chi connectivity index (χ1v) is 4.70. The zero-order chi connectivity index (χ0) is 7.68. The molecule has 2 atom stereocenters. The molecule has 1 aliphatic carbocycles. The van der Waals surface area contributed by atoms with Crippen molar-refractivity contribution >= 4 is 17.4 Å². The molecule has 0 spiro atoms. The molecule has 1 heterocycles. The Bertz CT molecular complexity index is 171. The maximum atomic E-state index is 5.27. The maximum absolute atomic E-state index is 5.27. The monoisotopic (exact) mass is 171 g/mol. The number of nitrogens with one attached hydrogen (secondary N) is 1. The highest BCUT2D eigenvalue weighted by Crippen LogP contribution is 2.26. The van der Waals surface area contributed by atoms with Gasteiger partial charge in [-0.3, -0.25) is 0 Å². The molecular weight excluding hydrogens is 158 g/mol. The molecule has 0 aromatic heterocycles. The third-order valence-corrected chi connectivity index (χ3v) is 2.88. The minimum absolute atomic E-state index is 0.605. The Labute approximate surface area is 72.3 Å². The largest absolute Gasteiger partial charge is 0.471 e. The lowest BCUT2D eigenvalue weighted by atomic mass is 9.84. The van der Waals surface area contributed by atoms with E-state index >= 15 is 0 Å². The van der Waals surface area contributed by atoms with Crippen molar-refractivity contribution in [2.75, 3.05) is 6.61 Å². The van der Waals surface area contributed by atoms with Crippen molar-refractivity contribution in [2.45, 2.75) is 31.7 Å². The highest BCUT2D eigenvalue weighted by molar-refractivity contribution is 7.80. The van der Waals surface area contributed by atoms with E-state index in [-0.39, 0.29) is 0 Å². The molecule has 1 N–H and O–H groups in total. The highest BCUT2D eigenvalue weighted by atomic mass is 32.1. The van der Waals surface area contributed by atoms with Crippen molar-refractivity contribution in [3.8, 4) is 0 Å². The van der Waals surface area contributed by atoms with Crippen molar-refractivity contribution < 1.29 is 4.74 Å². The van der Waals surface area contributed by atoms with Crippen molar-refractivity contribution in [1.82, 2.24) is 5.32 Å². The zero-order valence-corrected chi connectivity index (χ0v) is 7.32. The van der Waals surface area contributed by atoms with E-state index in [9.17, 15) is 0 Å². The van der Waals surface area contributed by atoms with Gasteiger partial charge in [0.25, 0.3) is 5.17 Å². The summed E-state index contributed by atoms with van der Waals surface area (Å²) >= 11 is 4.94. The van der Waals surface area contributed by atoms with Crippen LogP contribution in [0.1, 0.15) is 25.7 Å². The Balaban J connectivity index is 1.98. The fourth-order valence-electron chi connectivity index (χ4n) is 1.97. The minimum Gasteiger partial charge on any atom is -0.471 e. The molecule has 2 rings (SSSR count). The molecule has 0 bridgehead atoms. The molecule has 0 aromatic carbocycles. The van der Waals surface area contributed by atoms with E-state index in [0.29, 0.717) is 11.2 Å². The average molecular weight is 171 g/mol. The van der Waals surface area contributed by atoms with Crippen molar-refractivity contribution in [2.24, 2.45) is 5.92 Å². The second-order valence-corrected chi connectivity index (χ2v) is 3.76. The SMILES string of the molecule is S=C1N[C@@H]2CCCC[C@@H]2CO1. The van der Waals surface area contributed by atoms with Gasteiger partial charge in [0, 0.05) is 12.0 Å². The average Bonchev–Trinajstić information content (AvgIpc) is 2.04. The molecule has 62 valence electrons. The molecule has 0 unspecified atom stereocenters. The molecular formula is C8H13NOS. The predicted octanol–water partition coefficient (Wildman–Crippen LogP) is 1.45. The Morgan fingerprint density at radius 3 is 3.09 bits per heavy atom. The van der Waals surface area contributed by atoms with Crippen molar-refractivity contribution in [3.05, 3.63) is 0 Å². The summed E-state index contributed by atoms with van der Waals surface area (Å²) in [6.45, 7) is 0.844. The van der Waals surface area contributed by atoms with Crippen molar-refractivity contribution in [1.29, 1.82) is 0 Å². The van der Waals surface area contributed by atoms with Crippen LogP contribution in [0, 0.1) is 5.92 Å². The summed E-state index contributed by atoms with van der Waals surface area (Å²) in [7, 11) is 0. The lowest BCUT2D eigenvalue weighted by Crippen LogP contribution is -2.49. The van der Waals surface area contributed by atoms with E-state index in [1.54, 1.807) is 0 Å². The van der Waals surface area contributed by atoms with Crippen molar-refractivity contribution in [3.63, 3.8) is 0 Å². The number of thiocarbonyl (C=S) groups is 1. The Morgan fingerprint density at radius 2 is 2.18 bits per heavy atom. The van der Waals surface area contributed by atoms with Gasteiger partial charge in [0.1, 0.15) is 0 Å². The van der Waals surface area contributed by atoms with E-state index < -0.39 is 0 Å². The summed E-state index contributed by atoms with van der Waals surface area (Å²) in [6.07, 6.45) is 5.28. The van der Waals surface area contributed by atoms with Gasteiger partial charge in [0.15, 0.2) is 0 Å². The molecule has 1 saturated carbocycles. The maximum Gasteiger partial charge on any atom is 0.256 e. The highest BCUT2D eigenvalue weighted by Gasteiger charge is 2.29. The summed E-state index contributed by atoms with van der Waals surface area (Å²) in [6, 6.07) is 0.616. The number of rotatable bonds is 0. The summed E-state index contributed by atoms with van der Waals surface area (Å²) in [5.74, 6) is 0.718. The lowest BCUT2D eigenvalue weighted by molar-refractivity contribution is 0.130. The van der Waals surface area contributed by atoms with Gasteiger partial charge in [0.2, 0.25) is 0 Å². The zero-order valence-electron chi connectivity index (χ0n) is 6.51. The van der Waals surface area contributed by atoms with E-state index in [4.69, 9.17) is 17.0 Å². The van der Waals surface area contributed by atoms with Crippen LogP contribution in [0.4, 0.5) is 0 Å². The fraction of sp³-hybridized carbons (Fsp3) is 0.875. The van der Waals surface area contributed by atoms with Crippen LogP contribution in [0.5, 0.6) is 0 Å². The molecule has 3 heteroatoms. The molecule has 11 heavy (non-hydrogen) atoms. The molecule has 1 aliphatic heterocycles. The number of hydrogen-bond acceptors (Lipinski definition) is 2. The molecule has 2 fully saturated rings. The number of hydrogen-bond donors (Lipinski definition) is 1. The van der Waals surface area contributed by atoms with Crippen LogP contribution in [-0.2, 0) is 4.74 Å². The first-order chi connectivity index (χ1) is 5.36. The molecule has 0 aromatic rings. The Kier molecular flexibility index (Phi) is 1.98. The van der Waals surface area contributed by atoms with Gasteiger partial charge in [-0.05, 0) is 25.1 Å². The van der Waals surface area contributed by atoms with E-state index in [1.807, 2.05) is 0 Å². The summed E-state index contributed by atoms with van der Waals surface area (Å²) in [5.41, 5.74) is 0. The summed E-state index contributed by atoms with van der Waals surface area (Å²) in [4.78, 5) is 0. The van der Waals surface area contributed by atoms with E-state index in [2.05, 4.69) is 5.32 Å². The first kappa shape index (κ1) is 7.35. The quantitative estimate of drug-likeness (QED) is 0.557. The fourth-order valence-corrected chi connectivity index (χ4v) is 2.19. The first-order valence-electron chi connectivity index (χ1n) is 4.29. The van der Waals surface area contributed by atoms with Crippen LogP contribution >= 0.6 is 12.2 Å². The third-order valence-electron chi connectivity index (χ3n) is 2.64. The van der Waals surface area contributed by atoms with E-state index in [1.165, 1.54) is 25.7 Å². The van der Waals surface area contributed by atoms with Gasteiger partial charge >= 0.3 is 0 Å². The molecule has 2 aliphatic rings. The van der Waals surface area contributed by atoms with Gasteiger partial charge in [-0.25, -0.2) is 0 Å². The molecule has 0 amide bonds. The van der Waals surface area contributed by atoms with Crippen LogP contribution in [-0.4, -0.2) is 17.8 Å².